The number of hydrogen-bond acceptors (Lipinski definition) is 4. The molecule has 2 N–H and O–H groups in total. The molecule has 0 fully saturated rings. The summed E-state index contributed by atoms with van der Waals surface area (Å²) in [5, 5.41) is 0.618. The van der Waals surface area contributed by atoms with Crippen LogP contribution < -0.4 is 5.73 Å². The number of aromatic nitrogens is 3. The highest BCUT2D eigenvalue weighted by Crippen LogP contribution is 2.29. The quantitative estimate of drug-likeness (QED) is 0.680. The van der Waals surface area contributed by atoms with Crippen LogP contribution in [0.2, 0.25) is 5.02 Å². The number of rotatable bonds is 1. The first kappa shape index (κ1) is 10.9. The number of nitrogen functional groups attached to an aromatic ring is 1. The Morgan fingerprint density at radius 2 is 1.94 bits per heavy atom. The predicted octanol–water partition coefficient (Wildman–Crippen LogP) is 2.93. The molecular formula is C13H9ClN4. The SMILES string of the molecule is Nc1ccc(Cl)c(-c2ccc3ncncc3n2)c1. The Labute approximate surface area is 108 Å². The van der Waals surface area contributed by atoms with Crippen molar-refractivity contribution in [3.63, 3.8) is 0 Å². The summed E-state index contributed by atoms with van der Waals surface area (Å²) in [6.07, 6.45) is 3.17. The van der Waals surface area contributed by atoms with Gasteiger partial charge in [-0.15, -0.1) is 0 Å². The lowest BCUT2D eigenvalue weighted by atomic mass is 10.1. The van der Waals surface area contributed by atoms with Crippen molar-refractivity contribution in [3.05, 3.63) is 47.9 Å². The summed E-state index contributed by atoms with van der Waals surface area (Å²) in [4.78, 5) is 12.6. The molecule has 0 amide bonds. The Hall–Kier alpha value is -2.20. The topological polar surface area (TPSA) is 64.7 Å². The highest BCUT2D eigenvalue weighted by Gasteiger charge is 2.06. The highest BCUT2D eigenvalue weighted by molar-refractivity contribution is 6.33. The summed E-state index contributed by atoms with van der Waals surface area (Å²) in [5.41, 5.74) is 9.52. The van der Waals surface area contributed by atoms with Crippen molar-refractivity contribution in [3.8, 4) is 11.3 Å². The average molecular weight is 257 g/mol. The fraction of sp³-hybridized carbons (Fsp3) is 0. The van der Waals surface area contributed by atoms with E-state index in [0.29, 0.717) is 10.7 Å². The van der Waals surface area contributed by atoms with Crippen molar-refractivity contribution in [2.24, 2.45) is 0 Å². The predicted molar refractivity (Wildman–Crippen MR) is 72.2 cm³/mol. The highest BCUT2D eigenvalue weighted by atomic mass is 35.5. The largest absolute Gasteiger partial charge is 0.399 e. The third-order valence-electron chi connectivity index (χ3n) is 2.63. The van der Waals surface area contributed by atoms with Crippen LogP contribution >= 0.6 is 11.6 Å². The van der Waals surface area contributed by atoms with Gasteiger partial charge in [-0.25, -0.2) is 15.0 Å². The summed E-state index contributed by atoms with van der Waals surface area (Å²) >= 11 is 6.16. The molecule has 88 valence electrons. The molecule has 0 saturated heterocycles. The third-order valence-corrected chi connectivity index (χ3v) is 2.96. The minimum atomic E-state index is 0.618. The van der Waals surface area contributed by atoms with Gasteiger partial charge in [0.05, 0.1) is 22.4 Å². The van der Waals surface area contributed by atoms with E-state index in [1.54, 1.807) is 24.4 Å². The van der Waals surface area contributed by atoms with Gasteiger partial charge < -0.3 is 5.73 Å². The van der Waals surface area contributed by atoms with Crippen LogP contribution in [0.1, 0.15) is 0 Å². The van der Waals surface area contributed by atoms with Crippen LogP contribution in [0.5, 0.6) is 0 Å². The summed E-state index contributed by atoms with van der Waals surface area (Å²) in [6.45, 7) is 0. The maximum atomic E-state index is 6.16. The average Bonchev–Trinajstić information content (AvgIpc) is 2.41. The number of hydrogen-bond donors (Lipinski definition) is 1. The molecular weight excluding hydrogens is 248 g/mol. The van der Waals surface area contributed by atoms with Crippen LogP contribution in [0.15, 0.2) is 42.9 Å². The smallest absolute Gasteiger partial charge is 0.116 e. The fourth-order valence-corrected chi connectivity index (χ4v) is 1.97. The lowest BCUT2D eigenvalue weighted by Crippen LogP contribution is -1.91. The molecule has 0 aliphatic rings. The number of fused-ring (bicyclic) bond motifs is 1. The van der Waals surface area contributed by atoms with Crippen molar-refractivity contribution < 1.29 is 0 Å². The number of pyridine rings is 1. The van der Waals surface area contributed by atoms with Gasteiger partial charge in [-0.3, -0.25) is 0 Å². The van der Waals surface area contributed by atoms with E-state index in [9.17, 15) is 0 Å². The van der Waals surface area contributed by atoms with Gasteiger partial charge in [-0.1, -0.05) is 11.6 Å². The van der Waals surface area contributed by atoms with E-state index in [-0.39, 0.29) is 0 Å². The Morgan fingerprint density at radius 1 is 1.06 bits per heavy atom. The second-order valence-electron chi connectivity index (χ2n) is 3.86. The fourth-order valence-electron chi connectivity index (χ4n) is 1.76. The molecule has 0 aliphatic heterocycles. The van der Waals surface area contributed by atoms with E-state index < -0.39 is 0 Å². The van der Waals surface area contributed by atoms with Crippen molar-refractivity contribution in [2.45, 2.75) is 0 Å². The second-order valence-corrected chi connectivity index (χ2v) is 4.27. The van der Waals surface area contributed by atoms with Crippen LogP contribution in [-0.2, 0) is 0 Å². The Kier molecular flexibility index (Phi) is 2.57. The van der Waals surface area contributed by atoms with Crippen molar-refractivity contribution in [1.82, 2.24) is 15.0 Å². The zero-order valence-corrected chi connectivity index (χ0v) is 10.1. The molecule has 18 heavy (non-hydrogen) atoms. The maximum Gasteiger partial charge on any atom is 0.116 e. The van der Waals surface area contributed by atoms with E-state index in [1.165, 1.54) is 6.33 Å². The third kappa shape index (κ3) is 1.87. The summed E-state index contributed by atoms with van der Waals surface area (Å²) < 4.78 is 0. The lowest BCUT2D eigenvalue weighted by molar-refractivity contribution is 1.20. The first-order chi connectivity index (χ1) is 8.74. The molecule has 0 bridgehead atoms. The standard InChI is InChI=1S/C13H9ClN4/c14-10-2-1-8(15)5-9(10)11-3-4-12-13(18-11)6-16-7-17-12/h1-7H,15H2. The first-order valence-corrected chi connectivity index (χ1v) is 5.74. The van der Waals surface area contributed by atoms with E-state index in [1.807, 2.05) is 12.1 Å². The number of halogens is 1. The van der Waals surface area contributed by atoms with Gasteiger partial charge in [-0.2, -0.15) is 0 Å². The van der Waals surface area contributed by atoms with Gasteiger partial charge in [0.15, 0.2) is 0 Å². The van der Waals surface area contributed by atoms with E-state index >= 15 is 0 Å². The molecule has 3 rings (SSSR count). The van der Waals surface area contributed by atoms with Gasteiger partial charge >= 0.3 is 0 Å². The number of nitrogens with zero attached hydrogens (tertiary/aromatic N) is 3. The van der Waals surface area contributed by atoms with Crippen molar-refractivity contribution in [1.29, 1.82) is 0 Å². The van der Waals surface area contributed by atoms with Crippen molar-refractivity contribution >= 4 is 28.3 Å². The Balaban J connectivity index is 2.22. The minimum absolute atomic E-state index is 0.618. The molecule has 0 atom stereocenters. The van der Waals surface area contributed by atoms with Gasteiger partial charge in [-0.05, 0) is 30.3 Å². The minimum Gasteiger partial charge on any atom is -0.399 e. The Bertz CT molecular complexity index is 727. The zero-order chi connectivity index (χ0) is 12.5. The van der Waals surface area contributed by atoms with Gasteiger partial charge in [0.2, 0.25) is 0 Å². The Morgan fingerprint density at radius 3 is 2.83 bits per heavy atom. The summed E-state index contributed by atoms with van der Waals surface area (Å²) in [5.74, 6) is 0. The monoisotopic (exact) mass is 256 g/mol. The van der Waals surface area contributed by atoms with Crippen LogP contribution in [-0.4, -0.2) is 15.0 Å². The molecule has 1 aromatic carbocycles. The molecule has 2 heterocycles. The van der Waals surface area contributed by atoms with Gasteiger partial charge in [0.25, 0.3) is 0 Å². The molecule has 2 aromatic heterocycles. The summed E-state index contributed by atoms with van der Waals surface area (Å²) in [7, 11) is 0. The number of benzene rings is 1. The molecule has 0 spiro atoms. The second kappa shape index (κ2) is 4.23. The van der Waals surface area contributed by atoms with Gasteiger partial charge in [0.1, 0.15) is 11.8 Å². The van der Waals surface area contributed by atoms with Crippen LogP contribution in [0.25, 0.3) is 22.3 Å². The molecule has 0 aliphatic carbocycles. The maximum absolute atomic E-state index is 6.16. The normalized spacial score (nSPS) is 10.7. The van der Waals surface area contributed by atoms with Gasteiger partial charge in [0, 0.05) is 11.3 Å². The van der Waals surface area contributed by atoms with Crippen LogP contribution in [0.4, 0.5) is 5.69 Å². The van der Waals surface area contributed by atoms with Crippen molar-refractivity contribution in [2.75, 3.05) is 5.73 Å². The molecule has 4 nitrogen and oxygen atoms in total. The molecule has 3 aromatic rings. The van der Waals surface area contributed by atoms with E-state index in [4.69, 9.17) is 17.3 Å². The molecule has 5 heteroatoms. The molecule has 0 unspecified atom stereocenters. The first-order valence-electron chi connectivity index (χ1n) is 5.36. The lowest BCUT2D eigenvalue weighted by Gasteiger charge is -2.05. The zero-order valence-electron chi connectivity index (χ0n) is 9.34. The number of nitrogens with two attached hydrogens (primary N) is 1. The summed E-state index contributed by atoms with van der Waals surface area (Å²) in [6, 6.07) is 9.09. The van der Waals surface area contributed by atoms with E-state index in [2.05, 4.69) is 15.0 Å². The number of anilines is 1. The molecule has 0 radical (unpaired) electrons. The molecule has 0 saturated carbocycles. The van der Waals surface area contributed by atoms with E-state index in [0.717, 1.165) is 22.3 Å². The van der Waals surface area contributed by atoms with Crippen LogP contribution in [0, 0.1) is 0 Å². The van der Waals surface area contributed by atoms with Crippen LogP contribution in [0.3, 0.4) is 0 Å².